The number of carbonyl (C=O) groups excluding carboxylic acids is 1. The van der Waals surface area contributed by atoms with Gasteiger partial charge in [-0.2, -0.15) is 0 Å². The highest BCUT2D eigenvalue weighted by molar-refractivity contribution is 5.81. The fourth-order valence-electron chi connectivity index (χ4n) is 3.71. The zero-order chi connectivity index (χ0) is 20.1. The number of piperazine rings is 1. The second-order valence-electron chi connectivity index (χ2n) is 6.98. The molecule has 1 aliphatic heterocycles. The molecular weight excluding hydrogens is 368 g/mol. The normalized spacial score (nSPS) is 15.2. The lowest BCUT2D eigenvalue weighted by Gasteiger charge is -2.37. The molecule has 1 unspecified atom stereocenters. The molecule has 1 aliphatic rings. The molecule has 1 atom stereocenters. The summed E-state index contributed by atoms with van der Waals surface area (Å²) >= 11 is 0. The van der Waals surface area contributed by atoms with E-state index in [1.54, 1.807) is 11.8 Å². The first-order valence-corrected chi connectivity index (χ1v) is 9.69. The number of tetrazole rings is 1. The van der Waals surface area contributed by atoms with Crippen LogP contribution in [0.15, 0.2) is 60.9 Å². The highest BCUT2D eigenvalue weighted by atomic mass is 16.5. The average molecular weight is 392 g/mol. The van der Waals surface area contributed by atoms with Crippen LogP contribution in [-0.4, -0.2) is 64.3 Å². The van der Waals surface area contributed by atoms with Crippen LogP contribution in [0.4, 0.5) is 5.69 Å². The zero-order valence-corrected chi connectivity index (χ0v) is 16.4. The SMILES string of the molecule is COc1ccccc1N1CCN(C(=O)C(Cc2ccccc2)n2cnnn2)CC1. The van der Waals surface area contributed by atoms with Gasteiger partial charge >= 0.3 is 0 Å². The molecule has 8 heteroatoms. The molecule has 1 fully saturated rings. The lowest BCUT2D eigenvalue weighted by atomic mass is 10.0. The molecule has 1 saturated heterocycles. The quantitative estimate of drug-likeness (QED) is 0.637. The third kappa shape index (κ3) is 4.21. The second kappa shape index (κ2) is 8.72. The van der Waals surface area contributed by atoms with E-state index in [1.165, 1.54) is 6.33 Å². The van der Waals surface area contributed by atoms with Crippen LogP contribution in [0.5, 0.6) is 5.75 Å². The van der Waals surface area contributed by atoms with Crippen molar-refractivity contribution in [3.05, 3.63) is 66.5 Å². The molecule has 0 saturated carbocycles. The van der Waals surface area contributed by atoms with Gasteiger partial charge in [-0.1, -0.05) is 42.5 Å². The Hall–Kier alpha value is -3.42. The fourth-order valence-corrected chi connectivity index (χ4v) is 3.71. The summed E-state index contributed by atoms with van der Waals surface area (Å²) in [5.41, 5.74) is 2.14. The number of hydrogen-bond acceptors (Lipinski definition) is 6. The summed E-state index contributed by atoms with van der Waals surface area (Å²) in [7, 11) is 1.68. The van der Waals surface area contributed by atoms with Crippen LogP contribution in [0.25, 0.3) is 0 Å². The maximum Gasteiger partial charge on any atom is 0.248 e. The maximum absolute atomic E-state index is 13.3. The minimum absolute atomic E-state index is 0.0424. The van der Waals surface area contributed by atoms with Crippen molar-refractivity contribution < 1.29 is 9.53 Å². The van der Waals surface area contributed by atoms with E-state index in [9.17, 15) is 4.79 Å². The lowest BCUT2D eigenvalue weighted by molar-refractivity contribution is -0.135. The van der Waals surface area contributed by atoms with E-state index in [0.717, 1.165) is 30.1 Å². The number of aromatic nitrogens is 4. The smallest absolute Gasteiger partial charge is 0.248 e. The van der Waals surface area contributed by atoms with E-state index >= 15 is 0 Å². The van der Waals surface area contributed by atoms with E-state index in [1.807, 2.05) is 53.4 Å². The number of methoxy groups -OCH3 is 1. The predicted octanol–water partition coefficient (Wildman–Crippen LogP) is 1.81. The van der Waals surface area contributed by atoms with Crippen molar-refractivity contribution in [2.24, 2.45) is 0 Å². The molecule has 0 aliphatic carbocycles. The number of nitrogens with zero attached hydrogens (tertiary/aromatic N) is 6. The maximum atomic E-state index is 13.3. The average Bonchev–Trinajstić information content (AvgIpc) is 3.32. The van der Waals surface area contributed by atoms with Gasteiger partial charge in [0.25, 0.3) is 0 Å². The van der Waals surface area contributed by atoms with Crippen molar-refractivity contribution in [3.8, 4) is 5.75 Å². The molecule has 0 radical (unpaired) electrons. The van der Waals surface area contributed by atoms with Gasteiger partial charge < -0.3 is 14.5 Å². The van der Waals surface area contributed by atoms with Crippen LogP contribution in [0.1, 0.15) is 11.6 Å². The van der Waals surface area contributed by atoms with Gasteiger partial charge in [0, 0.05) is 32.6 Å². The summed E-state index contributed by atoms with van der Waals surface area (Å²) < 4.78 is 7.04. The van der Waals surface area contributed by atoms with Crippen molar-refractivity contribution in [1.29, 1.82) is 0 Å². The summed E-state index contributed by atoms with van der Waals surface area (Å²) in [5, 5.41) is 11.4. The van der Waals surface area contributed by atoms with Crippen LogP contribution in [0, 0.1) is 0 Å². The molecular formula is C21H24N6O2. The largest absolute Gasteiger partial charge is 0.495 e. The Morgan fingerprint density at radius 3 is 2.45 bits per heavy atom. The topological polar surface area (TPSA) is 76.4 Å². The Labute approximate surface area is 169 Å². The van der Waals surface area contributed by atoms with Gasteiger partial charge in [0.05, 0.1) is 12.8 Å². The molecule has 2 heterocycles. The number of benzene rings is 2. The minimum Gasteiger partial charge on any atom is -0.495 e. The molecule has 150 valence electrons. The molecule has 29 heavy (non-hydrogen) atoms. The Bertz CT molecular complexity index is 923. The van der Waals surface area contributed by atoms with Gasteiger partial charge in [-0.15, -0.1) is 5.10 Å². The highest BCUT2D eigenvalue weighted by Crippen LogP contribution is 2.28. The van der Waals surface area contributed by atoms with Crippen LogP contribution in [0.2, 0.25) is 0 Å². The Kier molecular flexibility index (Phi) is 5.69. The number of carbonyl (C=O) groups is 1. The Morgan fingerprint density at radius 1 is 1.03 bits per heavy atom. The molecule has 0 N–H and O–H groups in total. The molecule has 0 bridgehead atoms. The highest BCUT2D eigenvalue weighted by Gasteiger charge is 2.30. The summed E-state index contributed by atoms with van der Waals surface area (Å²) in [6, 6.07) is 17.5. The number of anilines is 1. The summed E-state index contributed by atoms with van der Waals surface area (Å²) in [5.74, 6) is 0.892. The van der Waals surface area contributed by atoms with Crippen molar-refractivity contribution in [2.45, 2.75) is 12.5 Å². The summed E-state index contributed by atoms with van der Waals surface area (Å²) in [6.07, 6.45) is 2.06. The molecule has 1 amide bonds. The molecule has 8 nitrogen and oxygen atoms in total. The molecule has 3 aromatic rings. The van der Waals surface area contributed by atoms with Gasteiger partial charge in [0.2, 0.25) is 5.91 Å². The second-order valence-corrected chi connectivity index (χ2v) is 6.98. The first-order chi connectivity index (χ1) is 14.3. The van der Waals surface area contributed by atoms with Crippen LogP contribution in [0.3, 0.4) is 0 Å². The van der Waals surface area contributed by atoms with E-state index in [4.69, 9.17) is 4.74 Å². The van der Waals surface area contributed by atoms with Crippen molar-refractivity contribution >= 4 is 11.6 Å². The predicted molar refractivity (Wildman–Crippen MR) is 109 cm³/mol. The van der Waals surface area contributed by atoms with Crippen molar-refractivity contribution in [3.63, 3.8) is 0 Å². The van der Waals surface area contributed by atoms with Crippen molar-refractivity contribution in [1.82, 2.24) is 25.1 Å². The number of ether oxygens (including phenoxy) is 1. The van der Waals surface area contributed by atoms with Crippen LogP contribution < -0.4 is 9.64 Å². The van der Waals surface area contributed by atoms with Crippen molar-refractivity contribution in [2.75, 3.05) is 38.2 Å². The fraction of sp³-hybridized carbons (Fsp3) is 0.333. The van der Waals surface area contributed by atoms with Gasteiger partial charge in [-0.05, 0) is 28.1 Å². The number of para-hydroxylation sites is 2. The first-order valence-electron chi connectivity index (χ1n) is 9.69. The van der Waals surface area contributed by atoms with Gasteiger partial charge in [-0.25, -0.2) is 4.68 Å². The standard InChI is InChI=1S/C21H24N6O2/c1-29-20-10-6-5-9-18(20)25-11-13-26(14-12-25)21(28)19(27-16-22-23-24-27)15-17-7-3-2-4-8-17/h2-10,16,19H,11-15H2,1H3. The minimum atomic E-state index is -0.454. The summed E-state index contributed by atoms with van der Waals surface area (Å²) in [4.78, 5) is 17.5. The Morgan fingerprint density at radius 2 is 1.76 bits per heavy atom. The lowest BCUT2D eigenvalue weighted by Crippen LogP contribution is -2.51. The number of hydrogen-bond donors (Lipinski definition) is 0. The van der Waals surface area contributed by atoms with Gasteiger partial charge in [0.15, 0.2) is 0 Å². The number of amides is 1. The molecule has 1 aromatic heterocycles. The van der Waals surface area contributed by atoms with Crippen LogP contribution in [-0.2, 0) is 11.2 Å². The van der Waals surface area contributed by atoms with E-state index < -0.39 is 6.04 Å². The van der Waals surface area contributed by atoms with Gasteiger partial charge in [-0.3, -0.25) is 4.79 Å². The third-order valence-corrected chi connectivity index (χ3v) is 5.26. The zero-order valence-electron chi connectivity index (χ0n) is 16.4. The molecule has 2 aromatic carbocycles. The van der Waals surface area contributed by atoms with E-state index in [2.05, 4.69) is 26.5 Å². The number of rotatable bonds is 6. The Balaban J connectivity index is 1.46. The van der Waals surface area contributed by atoms with Gasteiger partial charge in [0.1, 0.15) is 18.1 Å². The van der Waals surface area contributed by atoms with Crippen LogP contribution >= 0.6 is 0 Å². The summed E-state index contributed by atoms with van der Waals surface area (Å²) in [6.45, 7) is 2.79. The molecule has 0 spiro atoms. The van der Waals surface area contributed by atoms with E-state index in [-0.39, 0.29) is 5.91 Å². The first kappa shape index (κ1) is 18.9. The third-order valence-electron chi connectivity index (χ3n) is 5.26. The van der Waals surface area contributed by atoms with E-state index in [0.29, 0.717) is 19.5 Å². The monoisotopic (exact) mass is 392 g/mol. The molecule has 4 rings (SSSR count).